The fraction of sp³-hybridized carbons (Fsp3) is 0.545. The van der Waals surface area contributed by atoms with Gasteiger partial charge in [0.1, 0.15) is 12.3 Å². The number of hydrogen-bond donors (Lipinski definition) is 1. The minimum absolute atomic E-state index is 0.0741. The summed E-state index contributed by atoms with van der Waals surface area (Å²) in [4.78, 5) is 34.8. The molecule has 18 heavy (non-hydrogen) atoms. The SMILES string of the molecule is CC(=O)OCC1=C(C(=O)O)N(C(C)=O)C(C)SC1. The molecule has 0 bridgehead atoms. The molecule has 0 aliphatic carbocycles. The van der Waals surface area contributed by atoms with Gasteiger partial charge in [0.15, 0.2) is 0 Å². The number of ether oxygens (including phenoxy) is 1. The monoisotopic (exact) mass is 273 g/mol. The molecule has 0 aromatic rings. The van der Waals surface area contributed by atoms with Gasteiger partial charge in [-0.3, -0.25) is 14.5 Å². The molecule has 0 radical (unpaired) electrons. The third-order valence-corrected chi connectivity index (χ3v) is 3.64. The number of carbonyl (C=O) groups is 3. The molecule has 1 aliphatic heterocycles. The van der Waals surface area contributed by atoms with Crippen LogP contribution >= 0.6 is 11.8 Å². The standard InChI is InChI=1S/C11H15NO5S/c1-6(13)12-7(2)18-5-9(4-17-8(3)14)10(12)11(15)16/h7H,4-5H2,1-3H3,(H,15,16). The molecule has 1 rings (SSSR count). The maximum atomic E-state index is 11.5. The quantitative estimate of drug-likeness (QED) is 0.767. The highest BCUT2D eigenvalue weighted by Gasteiger charge is 2.33. The van der Waals surface area contributed by atoms with E-state index in [2.05, 4.69) is 0 Å². The molecular weight excluding hydrogens is 258 g/mol. The minimum atomic E-state index is -1.18. The average Bonchev–Trinajstić information content (AvgIpc) is 2.25. The van der Waals surface area contributed by atoms with Crippen molar-refractivity contribution in [1.82, 2.24) is 4.90 Å². The van der Waals surface area contributed by atoms with Crippen molar-refractivity contribution in [2.45, 2.75) is 26.1 Å². The first kappa shape index (κ1) is 14.6. The number of carboxylic acids is 1. The number of rotatable bonds is 3. The molecule has 1 unspecified atom stereocenters. The molecule has 0 aromatic heterocycles. The van der Waals surface area contributed by atoms with E-state index in [0.29, 0.717) is 11.3 Å². The Balaban J connectivity index is 3.09. The van der Waals surface area contributed by atoms with Crippen LogP contribution in [0.1, 0.15) is 20.8 Å². The van der Waals surface area contributed by atoms with Crippen molar-refractivity contribution >= 4 is 29.6 Å². The van der Waals surface area contributed by atoms with Crippen LogP contribution in [0, 0.1) is 0 Å². The Hall–Kier alpha value is -1.50. The van der Waals surface area contributed by atoms with Crippen LogP contribution in [0.25, 0.3) is 0 Å². The fourth-order valence-corrected chi connectivity index (χ4v) is 2.75. The molecule has 0 spiro atoms. The van der Waals surface area contributed by atoms with Crippen molar-refractivity contribution in [3.63, 3.8) is 0 Å². The van der Waals surface area contributed by atoms with E-state index in [9.17, 15) is 19.5 Å². The van der Waals surface area contributed by atoms with Crippen molar-refractivity contribution in [2.24, 2.45) is 0 Å². The minimum Gasteiger partial charge on any atom is -0.477 e. The second kappa shape index (κ2) is 5.90. The fourth-order valence-electron chi connectivity index (χ4n) is 1.68. The summed E-state index contributed by atoms with van der Waals surface area (Å²) in [5.41, 5.74) is 0.367. The van der Waals surface area contributed by atoms with E-state index in [1.807, 2.05) is 0 Å². The summed E-state index contributed by atoms with van der Waals surface area (Å²) in [6.07, 6.45) is 0. The average molecular weight is 273 g/mol. The van der Waals surface area contributed by atoms with Gasteiger partial charge >= 0.3 is 11.9 Å². The number of hydrogen-bond acceptors (Lipinski definition) is 5. The van der Waals surface area contributed by atoms with E-state index in [1.54, 1.807) is 6.92 Å². The summed E-state index contributed by atoms with van der Waals surface area (Å²) in [7, 11) is 0. The summed E-state index contributed by atoms with van der Waals surface area (Å²) >= 11 is 1.43. The summed E-state index contributed by atoms with van der Waals surface area (Å²) in [6, 6.07) is 0. The van der Waals surface area contributed by atoms with Crippen LogP contribution < -0.4 is 0 Å². The molecule has 6 nitrogen and oxygen atoms in total. The van der Waals surface area contributed by atoms with E-state index in [4.69, 9.17) is 4.74 Å². The second-order valence-electron chi connectivity index (χ2n) is 3.84. The van der Waals surface area contributed by atoms with Gasteiger partial charge in [-0.05, 0) is 6.92 Å². The highest BCUT2D eigenvalue weighted by Crippen LogP contribution is 2.30. The van der Waals surface area contributed by atoms with Crippen molar-refractivity contribution in [1.29, 1.82) is 0 Å². The lowest BCUT2D eigenvalue weighted by Gasteiger charge is -2.34. The second-order valence-corrected chi connectivity index (χ2v) is 5.14. The van der Waals surface area contributed by atoms with Gasteiger partial charge in [0, 0.05) is 25.2 Å². The summed E-state index contributed by atoms with van der Waals surface area (Å²) in [5.74, 6) is -1.57. The Kier molecular flexibility index (Phi) is 4.77. The first-order chi connectivity index (χ1) is 8.34. The van der Waals surface area contributed by atoms with Crippen LogP contribution in [0.3, 0.4) is 0 Å². The van der Waals surface area contributed by atoms with Crippen LogP contribution in [-0.2, 0) is 19.1 Å². The number of amides is 1. The lowest BCUT2D eigenvalue weighted by molar-refractivity contribution is -0.141. The van der Waals surface area contributed by atoms with E-state index in [-0.39, 0.29) is 23.6 Å². The van der Waals surface area contributed by atoms with Crippen molar-refractivity contribution in [2.75, 3.05) is 12.4 Å². The van der Waals surface area contributed by atoms with Gasteiger partial charge in [-0.25, -0.2) is 4.79 Å². The van der Waals surface area contributed by atoms with Gasteiger partial charge in [0.2, 0.25) is 5.91 Å². The number of nitrogens with zero attached hydrogens (tertiary/aromatic N) is 1. The molecule has 0 fully saturated rings. The van der Waals surface area contributed by atoms with Crippen LogP contribution in [0.4, 0.5) is 0 Å². The normalized spacial score (nSPS) is 19.7. The van der Waals surface area contributed by atoms with Gasteiger partial charge < -0.3 is 9.84 Å². The molecule has 1 atom stereocenters. The lowest BCUT2D eigenvalue weighted by Crippen LogP contribution is -2.42. The predicted octanol–water partition coefficient (Wildman–Crippen LogP) is 0.830. The van der Waals surface area contributed by atoms with Gasteiger partial charge in [-0.1, -0.05) is 0 Å². The largest absolute Gasteiger partial charge is 0.477 e. The van der Waals surface area contributed by atoms with E-state index < -0.39 is 11.9 Å². The number of aliphatic carboxylic acids is 1. The third-order valence-electron chi connectivity index (χ3n) is 2.43. The van der Waals surface area contributed by atoms with Crippen molar-refractivity contribution < 1.29 is 24.2 Å². The zero-order chi connectivity index (χ0) is 13.9. The molecular formula is C11H15NO5S. The van der Waals surface area contributed by atoms with Crippen LogP contribution in [0.15, 0.2) is 11.3 Å². The zero-order valence-corrected chi connectivity index (χ0v) is 11.2. The summed E-state index contributed by atoms with van der Waals surface area (Å²) < 4.78 is 4.81. The molecule has 7 heteroatoms. The number of carboxylic acid groups (broad SMARTS) is 1. The molecule has 1 amide bonds. The summed E-state index contributed by atoms with van der Waals surface area (Å²) in [5, 5.41) is 8.97. The molecule has 1 aliphatic rings. The number of esters is 1. The molecule has 0 saturated heterocycles. The first-order valence-electron chi connectivity index (χ1n) is 5.34. The molecule has 1 N–H and O–H groups in total. The number of carbonyl (C=O) groups excluding carboxylic acids is 2. The first-order valence-corrected chi connectivity index (χ1v) is 6.39. The Morgan fingerprint density at radius 2 is 2.06 bits per heavy atom. The Bertz CT molecular complexity index is 418. The molecule has 0 aromatic carbocycles. The van der Waals surface area contributed by atoms with Gasteiger partial charge in [0.25, 0.3) is 0 Å². The van der Waals surface area contributed by atoms with Crippen LogP contribution in [-0.4, -0.2) is 45.6 Å². The molecule has 1 heterocycles. The van der Waals surface area contributed by atoms with E-state index in [0.717, 1.165) is 0 Å². The Labute approximate surface area is 109 Å². The van der Waals surface area contributed by atoms with Gasteiger partial charge in [-0.15, -0.1) is 11.8 Å². The van der Waals surface area contributed by atoms with Gasteiger partial charge in [0.05, 0.1) is 5.37 Å². The number of thioether (sulfide) groups is 1. The molecule has 100 valence electrons. The van der Waals surface area contributed by atoms with Crippen molar-refractivity contribution in [3.05, 3.63) is 11.3 Å². The predicted molar refractivity (Wildman–Crippen MR) is 65.7 cm³/mol. The summed E-state index contributed by atoms with van der Waals surface area (Å²) in [6.45, 7) is 4.23. The third kappa shape index (κ3) is 3.25. The highest BCUT2D eigenvalue weighted by molar-refractivity contribution is 8.00. The van der Waals surface area contributed by atoms with Crippen LogP contribution in [0.5, 0.6) is 0 Å². The van der Waals surface area contributed by atoms with E-state index >= 15 is 0 Å². The van der Waals surface area contributed by atoms with Gasteiger partial charge in [-0.2, -0.15) is 0 Å². The van der Waals surface area contributed by atoms with E-state index in [1.165, 1.54) is 30.5 Å². The zero-order valence-electron chi connectivity index (χ0n) is 10.4. The Morgan fingerprint density at radius 1 is 1.44 bits per heavy atom. The van der Waals surface area contributed by atoms with Crippen molar-refractivity contribution in [3.8, 4) is 0 Å². The smallest absolute Gasteiger partial charge is 0.352 e. The van der Waals surface area contributed by atoms with Crippen LogP contribution in [0.2, 0.25) is 0 Å². The topological polar surface area (TPSA) is 83.9 Å². The maximum absolute atomic E-state index is 11.5. The lowest BCUT2D eigenvalue weighted by atomic mass is 10.2. The maximum Gasteiger partial charge on any atom is 0.352 e. The molecule has 0 saturated carbocycles. The highest BCUT2D eigenvalue weighted by atomic mass is 32.2. The Morgan fingerprint density at radius 3 is 2.50 bits per heavy atom.